The summed E-state index contributed by atoms with van der Waals surface area (Å²) in [5.41, 5.74) is 0.530. The van der Waals surface area contributed by atoms with Crippen LogP contribution in [0.3, 0.4) is 0 Å². The number of carbonyl (C=O) groups is 1. The minimum absolute atomic E-state index is 0.314. The fraction of sp³-hybridized carbons (Fsp3) is 0.0625. The van der Waals surface area contributed by atoms with E-state index in [0.717, 1.165) is 10.1 Å². The normalized spacial score (nSPS) is 11.1. The molecular weight excluding hydrogens is 360 g/mol. The quantitative estimate of drug-likeness (QED) is 0.561. The second-order valence-corrected chi connectivity index (χ2v) is 7.09. The van der Waals surface area contributed by atoms with E-state index in [9.17, 15) is 13.6 Å². The summed E-state index contributed by atoms with van der Waals surface area (Å²) in [6.45, 7) is 0. The molecule has 3 aromatic rings. The van der Waals surface area contributed by atoms with E-state index in [1.54, 1.807) is 24.3 Å². The first-order valence-corrected chi connectivity index (χ1v) is 8.65. The van der Waals surface area contributed by atoms with Gasteiger partial charge in [-0.05, 0) is 30.3 Å². The SMILES string of the molecule is O=C(Nc1ccc(SC(F)F)cc1)c1sc2ccccc2c1Cl. The molecule has 3 rings (SSSR count). The Balaban J connectivity index is 1.79. The second kappa shape index (κ2) is 6.86. The minimum Gasteiger partial charge on any atom is -0.321 e. The Kier molecular flexibility index (Phi) is 4.84. The molecule has 1 N–H and O–H groups in total. The van der Waals surface area contributed by atoms with E-state index in [1.807, 2.05) is 24.3 Å². The zero-order chi connectivity index (χ0) is 16.4. The van der Waals surface area contributed by atoms with Gasteiger partial charge >= 0.3 is 0 Å². The monoisotopic (exact) mass is 369 g/mol. The topological polar surface area (TPSA) is 29.1 Å². The molecule has 0 fully saturated rings. The molecule has 0 aliphatic carbocycles. The van der Waals surface area contributed by atoms with Gasteiger partial charge in [-0.1, -0.05) is 41.6 Å². The van der Waals surface area contributed by atoms with Crippen LogP contribution in [0.1, 0.15) is 9.67 Å². The molecule has 7 heteroatoms. The number of hydrogen-bond donors (Lipinski definition) is 1. The van der Waals surface area contributed by atoms with Crippen molar-refractivity contribution in [3.8, 4) is 0 Å². The maximum atomic E-state index is 12.4. The van der Waals surface area contributed by atoms with Gasteiger partial charge in [0, 0.05) is 20.7 Å². The molecule has 0 saturated carbocycles. The molecular formula is C16H10ClF2NOS2. The van der Waals surface area contributed by atoms with Crippen LogP contribution in [0.2, 0.25) is 5.02 Å². The molecule has 2 aromatic carbocycles. The molecule has 0 aliphatic rings. The fourth-order valence-corrected chi connectivity index (χ4v) is 3.98. The van der Waals surface area contributed by atoms with E-state index in [0.29, 0.717) is 32.2 Å². The molecule has 1 aromatic heterocycles. The number of carbonyl (C=O) groups excluding carboxylic acids is 1. The Morgan fingerprint density at radius 1 is 1.13 bits per heavy atom. The van der Waals surface area contributed by atoms with Gasteiger partial charge in [-0.15, -0.1) is 11.3 Å². The molecule has 2 nitrogen and oxygen atoms in total. The molecule has 1 heterocycles. The largest absolute Gasteiger partial charge is 0.321 e. The van der Waals surface area contributed by atoms with E-state index < -0.39 is 5.76 Å². The van der Waals surface area contributed by atoms with Gasteiger partial charge in [0.25, 0.3) is 11.7 Å². The van der Waals surface area contributed by atoms with Crippen molar-refractivity contribution in [2.45, 2.75) is 10.7 Å². The van der Waals surface area contributed by atoms with Gasteiger partial charge in [0.2, 0.25) is 0 Å². The second-order valence-electron chi connectivity index (χ2n) is 4.60. The van der Waals surface area contributed by atoms with Crippen molar-refractivity contribution in [1.29, 1.82) is 0 Å². The summed E-state index contributed by atoms with van der Waals surface area (Å²) in [4.78, 5) is 13.2. The summed E-state index contributed by atoms with van der Waals surface area (Å²) < 4.78 is 25.5. The third-order valence-corrected chi connectivity index (χ3v) is 5.48. The van der Waals surface area contributed by atoms with Crippen molar-refractivity contribution in [3.63, 3.8) is 0 Å². The van der Waals surface area contributed by atoms with Gasteiger partial charge < -0.3 is 5.32 Å². The van der Waals surface area contributed by atoms with Crippen LogP contribution in [0.25, 0.3) is 10.1 Å². The molecule has 0 unspecified atom stereocenters. The van der Waals surface area contributed by atoms with Crippen LogP contribution < -0.4 is 5.32 Å². The number of alkyl halides is 2. The number of amides is 1. The average Bonchev–Trinajstić information content (AvgIpc) is 2.86. The van der Waals surface area contributed by atoms with Gasteiger partial charge in [0.15, 0.2) is 0 Å². The summed E-state index contributed by atoms with van der Waals surface area (Å²) in [6.07, 6.45) is 0. The number of benzene rings is 2. The number of rotatable bonds is 4. The average molecular weight is 370 g/mol. The lowest BCUT2D eigenvalue weighted by molar-refractivity contribution is 0.103. The molecule has 118 valence electrons. The van der Waals surface area contributed by atoms with Crippen LogP contribution in [0.4, 0.5) is 14.5 Å². The van der Waals surface area contributed by atoms with Crippen molar-refractivity contribution < 1.29 is 13.6 Å². The molecule has 0 aliphatic heterocycles. The van der Waals surface area contributed by atoms with Crippen molar-refractivity contribution in [3.05, 3.63) is 58.4 Å². The third-order valence-electron chi connectivity index (χ3n) is 3.08. The highest BCUT2D eigenvalue weighted by Crippen LogP contribution is 2.35. The number of hydrogen-bond acceptors (Lipinski definition) is 3. The Labute approximate surface area is 144 Å². The van der Waals surface area contributed by atoms with Gasteiger partial charge in [0.05, 0.1) is 5.02 Å². The number of thioether (sulfide) groups is 1. The summed E-state index contributed by atoms with van der Waals surface area (Å²) in [5.74, 6) is -2.78. The summed E-state index contributed by atoms with van der Waals surface area (Å²) in [6, 6.07) is 13.8. The highest BCUT2D eigenvalue weighted by Gasteiger charge is 2.17. The number of fused-ring (bicyclic) bond motifs is 1. The van der Waals surface area contributed by atoms with Crippen molar-refractivity contribution in [2.24, 2.45) is 0 Å². The first-order chi connectivity index (χ1) is 11.0. The summed E-state index contributed by atoms with van der Waals surface area (Å²) >= 11 is 8.04. The Bertz CT molecular complexity index is 849. The van der Waals surface area contributed by atoms with Gasteiger partial charge in [-0.25, -0.2) is 0 Å². The van der Waals surface area contributed by atoms with Crippen LogP contribution in [0.15, 0.2) is 53.4 Å². The minimum atomic E-state index is -2.47. The number of nitrogens with one attached hydrogen (secondary N) is 1. The lowest BCUT2D eigenvalue weighted by Gasteiger charge is -2.05. The van der Waals surface area contributed by atoms with E-state index in [-0.39, 0.29) is 5.91 Å². The lowest BCUT2D eigenvalue weighted by atomic mass is 10.2. The standard InChI is InChI=1S/C16H10ClF2NOS2/c17-13-11-3-1-2-4-12(11)23-14(13)15(21)20-9-5-7-10(8-6-9)22-16(18)19/h1-8,16H,(H,20,21). The van der Waals surface area contributed by atoms with Gasteiger partial charge in [-0.3, -0.25) is 4.79 Å². The number of thiophene rings is 1. The lowest BCUT2D eigenvalue weighted by Crippen LogP contribution is -2.10. The predicted molar refractivity (Wildman–Crippen MR) is 93.1 cm³/mol. The summed E-state index contributed by atoms with van der Waals surface area (Å²) in [7, 11) is 0. The smallest absolute Gasteiger partial charge is 0.288 e. The predicted octanol–water partition coefficient (Wildman–Crippen LogP) is 6.12. The Morgan fingerprint density at radius 3 is 2.48 bits per heavy atom. The van der Waals surface area contributed by atoms with Crippen molar-refractivity contribution >= 4 is 56.4 Å². The number of halogens is 3. The highest BCUT2D eigenvalue weighted by atomic mass is 35.5. The van der Waals surface area contributed by atoms with Gasteiger partial charge in [0.1, 0.15) is 4.88 Å². The van der Waals surface area contributed by atoms with E-state index in [1.165, 1.54) is 11.3 Å². The maximum absolute atomic E-state index is 12.4. The first-order valence-electron chi connectivity index (χ1n) is 6.58. The zero-order valence-electron chi connectivity index (χ0n) is 11.6. The molecule has 0 bridgehead atoms. The molecule has 1 amide bonds. The Morgan fingerprint density at radius 2 is 1.83 bits per heavy atom. The molecule has 0 atom stereocenters. The van der Waals surface area contributed by atoms with Crippen LogP contribution >= 0.6 is 34.7 Å². The molecule has 0 saturated heterocycles. The third kappa shape index (κ3) is 3.65. The van der Waals surface area contributed by atoms with Crippen LogP contribution in [-0.4, -0.2) is 11.7 Å². The van der Waals surface area contributed by atoms with E-state index >= 15 is 0 Å². The van der Waals surface area contributed by atoms with E-state index in [4.69, 9.17) is 11.6 Å². The van der Waals surface area contributed by atoms with Crippen LogP contribution in [-0.2, 0) is 0 Å². The maximum Gasteiger partial charge on any atom is 0.288 e. The molecule has 23 heavy (non-hydrogen) atoms. The zero-order valence-corrected chi connectivity index (χ0v) is 13.9. The van der Waals surface area contributed by atoms with E-state index in [2.05, 4.69) is 5.32 Å². The molecule has 0 spiro atoms. The fourth-order valence-electron chi connectivity index (χ4n) is 2.07. The van der Waals surface area contributed by atoms with Crippen LogP contribution in [0.5, 0.6) is 0 Å². The van der Waals surface area contributed by atoms with Crippen molar-refractivity contribution in [1.82, 2.24) is 0 Å². The van der Waals surface area contributed by atoms with Crippen molar-refractivity contribution in [2.75, 3.05) is 5.32 Å². The Hall–Kier alpha value is -1.63. The van der Waals surface area contributed by atoms with Crippen LogP contribution in [0, 0.1) is 0 Å². The first kappa shape index (κ1) is 16.2. The van der Waals surface area contributed by atoms with Gasteiger partial charge in [-0.2, -0.15) is 8.78 Å². The summed E-state index contributed by atoms with van der Waals surface area (Å²) in [5, 5.41) is 4.00. The number of anilines is 1. The molecule has 0 radical (unpaired) electrons. The highest BCUT2D eigenvalue weighted by molar-refractivity contribution is 7.99.